The summed E-state index contributed by atoms with van der Waals surface area (Å²) in [6.45, 7) is 8.31. The molecule has 152 valence electrons. The van der Waals surface area contributed by atoms with E-state index in [2.05, 4.69) is 17.3 Å². The van der Waals surface area contributed by atoms with E-state index in [4.69, 9.17) is 9.47 Å². The number of carbonyl (C=O) groups excluding carboxylic acids is 1. The monoisotopic (exact) mass is 381 g/mol. The first-order chi connectivity index (χ1) is 13.1. The quantitative estimate of drug-likeness (QED) is 0.810. The van der Waals surface area contributed by atoms with Crippen LogP contribution in [-0.4, -0.2) is 70.5 Å². The molecule has 0 unspecified atom stereocenters. The zero-order valence-corrected chi connectivity index (χ0v) is 16.9. The van der Waals surface area contributed by atoms with Crippen LogP contribution in [0, 0.1) is 5.82 Å². The first-order valence-corrected chi connectivity index (χ1v) is 9.78. The number of carbonyl (C=O) groups is 1. The summed E-state index contributed by atoms with van der Waals surface area (Å²) >= 11 is 0. The molecule has 2 aliphatic heterocycles. The highest BCUT2D eigenvalue weighted by molar-refractivity contribution is 5.97. The highest BCUT2D eigenvalue weighted by Crippen LogP contribution is 2.30. The molecule has 0 aliphatic carbocycles. The van der Waals surface area contributed by atoms with Gasteiger partial charge in [-0.15, -0.1) is 0 Å². The van der Waals surface area contributed by atoms with Crippen LogP contribution in [0.15, 0.2) is 12.1 Å². The lowest BCUT2D eigenvalue weighted by molar-refractivity contribution is 0.0601. The Kier molecular flexibility index (Phi) is 8.31. The van der Waals surface area contributed by atoms with Gasteiger partial charge in [0.05, 0.1) is 37.3 Å². The predicted molar refractivity (Wildman–Crippen MR) is 106 cm³/mol. The molecule has 0 atom stereocenters. The van der Waals surface area contributed by atoms with Gasteiger partial charge in [-0.25, -0.2) is 9.18 Å². The number of morpholine rings is 1. The number of nitrogens with zero attached hydrogens (tertiary/aromatic N) is 2. The van der Waals surface area contributed by atoms with Gasteiger partial charge in [0.1, 0.15) is 5.82 Å². The van der Waals surface area contributed by atoms with Crippen molar-refractivity contribution in [2.75, 3.05) is 63.8 Å². The summed E-state index contributed by atoms with van der Waals surface area (Å²) < 4.78 is 24.9. The smallest absolute Gasteiger partial charge is 0.340 e. The molecule has 2 fully saturated rings. The molecule has 0 aromatic heterocycles. The van der Waals surface area contributed by atoms with E-state index in [0.717, 1.165) is 25.9 Å². The topological polar surface area (TPSA) is 54.0 Å². The Morgan fingerprint density at radius 2 is 1.81 bits per heavy atom. The first kappa shape index (κ1) is 21.4. The number of piperidine rings is 1. The number of methoxy groups -OCH3 is 1. The molecule has 1 N–H and O–H groups in total. The van der Waals surface area contributed by atoms with Crippen LogP contribution in [0.5, 0.6) is 0 Å². The average molecular weight is 381 g/mol. The Labute approximate surface area is 161 Å². The second kappa shape index (κ2) is 10.5. The number of ether oxygens (including phenoxy) is 2. The zero-order chi connectivity index (χ0) is 19.8. The lowest BCUT2D eigenvalue weighted by atomic mass is 10.0. The van der Waals surface area contributed by atoms with Gasteiger partial charge in [0, 0.05) is 25.2 Å². The van der Waals surface area contributed by atoms with Gasteiger partial charge in [0.15, 0.2) is 0 Å². The molecule has 0 spiro atoms. The summed E-state index contributed by atoms with van der Waals surface area (Å²) in [5.41, 5.74) is 1.32. The summed E-state index contributed by atoms with van der Waals surface area (Å²) in [6.07, 6.45) is 1.92. The number of hydrogen-bond donors (Lipinski definition) is 1. The number of hydrogen-bond acceptors (Lipinski definition) is 6. The van der Waals surface area contributed by atoms with E-state index in [0.29, 0.717) is 43.2 Å². The van der Waals surface area contributed by atoms with E-state index in [1.54, 1.807) is 6.07 Å². The lowest BCUT2D eigenvalue weighted by Gasteiger charge is -2.32. The number of rotatable bonds is 4. The Morgan fingerprint density at radius 1 is 1.19 bits per heavy atom. The molecular weight excluding hydrogens is 349 g/mol. The maximum atomic E-state index is 14.7. The van der Waals surface area contributed by atoms with Crippen LogP contribution in [0.25, 0.3) is 0 Å². The fourth-order valence-electron chi connectivity index (χ4n) is 3.38. The van der Waals surface area contributed by atoms with Crippen molar-refractivity contribution in [1.29, 1.82) is 0 Å². The molecule has 2 heterocycles. The van der Waals surface area contributed by atoms with Crippen LogP contribution in [0.3, 0.4) is 0 Å². The molecule has 0 saturated carbocycles. The number of likely N-dealkylation sites (tertiary alicyclic amines) is 1. The maximum absolute atomic E-state index is 14.7. The van der Waals surface area contributed by atoms with Crippen LogP contribution < -0.4 is 10.2 Å². The van der Waals surface area contributed by atoms with Gasteiger partial charge in [-0.2, -0.15) is 0 Å². The van der Waals surface area contributed by atoms with Gasteiger partial charge < -0.3 is 24.6 Å². The van der Waals surface area contributed by atoms with Crippen LogP contribution in [0.1, 0.15) is 37.0 Å². The molecule has 3 rings (SSSR count). The molecule has 0 radical (unpaired) electrons. The van der Waals surface area contributed by atoms with Crippen LogP contribution >= 0.6 is 0 Å². The van der Waals surface area contributed by atoms with E-state index in [9.17, 15) is 9.18 Å². The molecule has 2 aliphatic rings. The minimum absolute atomic E-state index is 0.230. The number of nitrogens with one attached hydrogen (secondary N) is 1. The van der Waals surface area contributed by atoms with E-state index < -0.39 is 5.97 Å². The van der Waals surface area contributed by atoms with Gasteiger partial charge in [-0.3, -0.25) is 0 Å². The highest BCUT2D eigenvalue weighted by Gasteiger charge is 2.24. The summed E-state index contributed by atoms with van der Waals surface area (Å²) in [5, 5.41) is 3.35. The minimum atomic E-state index is -0.454. The second-order valence-corrected chi connectivity index (χ2v) is 6.66. The van der Waals surface area contributed by atoms with Gasteiger partial charge in [-0.1, -0.05) is 13.8 Å². The van der Waals surface area contributed by atoms with E-state index in [-0.39, 0.29) is 11.9 Å². The Morgan fingerprint density at radius 3 is 2.41 bits per heavy atom. The van der Waals surface area contributed by atoms with Crippen molar-refractivity contribution in [2.45, 2.75) is 32.7 Å². The molecule has 1 aromatic rings. The molecule has 0 amide bonds. The number of esters is 1. The molecular formula is C20H32FN3O3. The lowest BCUT2D eigenvalue weighted by Crippen LogP contribution is -2.38. The van der Waals surface area contributed by atoms with Crippen molar-refractivity contribution in [2.24, 2.45) is 0 Å². The molecule has 2 saturated heterocycles. The molecule has 1 aromatic carbocycles. The second-order valence-electron chi connectivity index (χ2n) is 6.66. The number of halogens is 1. The van der Waals surface area contributed by atoms with Crippen molar-refractivity contribution in [3.8, 4) is 0 Å². The first-order valence-electron chi connectivity index (χ1n) is 9.78. The standard InChI is InChI=1S/C18H26FN3O3.C2H6/c1-21-5-3-13(4-6-21)20-16-12-15(19)17(11-14(16)18(23)24-2)22-7-9-25-10-8-22;1-2/h11-13,20H,3-10H2,1-2H3;1-2H3. The van der Waals surface area contributed by atoms with Crippen molar-refractivity contribution >= 4 is 17.3 Å². The van der Waals surface area contributed by atoms with Crippen molar-refractivity contribution in [1.82, 2.24) is 4.90 Å². The summed E-state index contributed by atoms with van der Waals surface area (Å²) in [6, 6.07) is 3.26. The van der Waals surface area contributed by atoms with Crippen molar-refractivity contribution in [3.63, 3.8) is 0 Å². The van der Waals surface area contributed by atoms with E-state index in [1.807, 2.05) is 18.7 Å². The summed E-state index contributed by atoms with van der Waals surface area (Å²) in [7, 11) is 3.44. The Hall–Kier alpha value is -1.86. The number of benzene rings is 1. The van der Waals surface area contributed by atoms with E-state index >= 15 is 0 Å². The summed E-state index contributed by atoms with van der Waals surface area (Å²) in [5.74, 6) is -0.782. The molecule has 27 heavy (non-hydrogen) atoms. The van der Waals surface area contributed by atoms with Gasteiger partial charge in [0.2, 0.25) is 0 Å². The zero-order valence-electron chi connectivity index (χ0n) is 16.9. The fraction of sp³-hybridized carbons (Fsp3) is 0.650. The van der Waals surface area contributed by atoms with Gasteiger partial charge in [-0.05, 0) is 39.0 Å². The third-order valence-electron chi connectivity index (χ3n) is 4.92. The SMILES string of the molecule is CC.COC(=O)c1cc(N2CCOCC2)c(F)cc1NC1CCN(C)CC1. The van der Waals surface area contributed by atoms with Gasteiger partial charge >= 0.3 is 5.97 Å². The largest absolute Gasteiger partial charge is 0.465 e. The van der Waals surface area contributed by atoms with Gasteiger partial charge in [0.25, 0.3) is 0 Å². The normalized spacial score (nSPS) is 18.5. The number of anilines is 2. The third-order valence-corrected chi connectivity index (χ3v) is 4.92. The molecule has 0 bridgehead atoms. The van der Waals surface area contributed by atoms with Crippen LogP contribution in [-0.2, 0) is 9.47 Å². The van der Waals surface area contributed by atoms with Crippen LogP contribution in [0.4, 0.5) is 15.8 Å². The van der Waals surface area contributed by atoms with Crippen LogP contribution in [0.2, 0.25) is 0 Å². The Bertz CT molecular complexity index is 613. The molecule has 6 nitrogen and oxygen atoms in total. The fourth-order valence-corrected chi connectivity index (χ4v) is 3.38. The minimum Gasteiger partial charge on any atom is -0.465 e. The summed E-state index contributed by atoms with van der Waals surface area (Å²) in [4.78, 5) is 16.4. The molecule has 7 heteroatoms. The highest BCUT2D eigenvalue weighted by atomic mass is 19.1. The third kappa shape index (κ3) is 5.56. The average Bonchev–Trinajstić information content (AvgIpc) is 2.71. The van der Waals surface area contributed by atoms with Crippen molar-refractivity contribution < 1.29 is 18.7 Å². The van der Waals surface area contributed by atoms with E-state index in [1.165, 1.54) is 13.2 Å². The maximum Gasteiger partial charge on any atom is 0.340 e. The predicted octanol–water partition coefficient (Wildman–Crippen LogP) is 2.98. The Balaban J connectivity index is 0.00000126. The van der Waals surface area contributed by atoms with Crippen molar-refractivity contribution in [3.05, 3.63) is 23.5 Å².